The van der Waals surface area contributed by atoms with Crippen molar-refractivity contribution in [3.8, 4) is 6.07 Å². The van der Waals surface area contributed by atoms with Crippen LogP contribution >= 0.6 is 0 Å². The molecule has 62 valence electrons. The summed E-state index contributed by atoms with van der Waals surface area (Å²) in [7, 11) is 0. The quantitative estimate of drug-likeness (QED) is 0.541. The van der Waals surface area contributed by atoms with Crippen LogP contribution in [0.5, 0.6) is 0 Å². The van der Waals surface area contributed by atoms with E-state index < -0.39 is 0 Å². The third-order valence-corrected chi connectivity index (χ3v) is 1.96. The average molecular weight is 153 g/mol. The zero-order chi connectivity index (χ0) is 8.10. The van der Waals surface area contributed by atoms with Crippen LogP contribution in [0.25, 0.3) is 0 Å². The molecule has 1 unspecified atom stereocenters. The van der Waals surface area contributed by atoms with E-state index in [2.05, 4.69) is 23.2 Å². The first-order valence-electron chi connectivity index (χ1n) is 4.13. The molecule has 1 aliphatic heterocycles. The number of hydrogen-bond donors (Lipinski definition) is 1. The van der Waals surface area contributed by atoms with Crippen molar-refractivity contribution in [3.63, 3.8) is 0 Å². The van der Waals surface area contributed by atoms with Gasteiger partial charge in [0.05, 0.1) is 12.6 Å². The molecule has 1 N–H and O–H groups in total. The Morgan fingerprint density at radius 3 is 3.27 bits per heavy atom. The normalized spacial score (nSPS) is 27.5. The fourth-order valence-corrected chi connectivity index (χ4v) is 1.43. The molecular formula is C8H15N3. The summed E-state index contributed by atoms with van der Waals surface area (Å²) in [5.41, 5.74) is 0. The highest BCUT2D eigenvalue weighted by Gasteiger charge is 2.12. The van der Waals surface area contributed by atoms with Gasteiger partial charge in [-0.2, -0.15) is 5.26 Å². The van der Waals surface area contributed by atoms with E-state index in [-0.39, 0.29) is 0 Å². The third-order valence-electron chi connectivity index (χ3n) is 1.96. The molecular weight excluding hydrogens is 138 g/mol. The summed E-state index contributed by atoms with van der Waals surface area (Å²) in [4.78, 5) is 2.20. The predicted octanol–water partition coefficient (Wildman–Crippen LogP) is 0.0513. The molecule has 1 saturated heterocycles. The van der Waals surface area contributed by atoms with Gasteiger partial charge >= 0.3 is 0 Å². The lowest BCUT2D eigenvalue weighted by Gasteiger charge is -2.17. The monoisotopic (exact) mass is 153 g/mol. The predicted molar refractivity (Wildman–Crippen MR) is 44.1 cm³/mol. The SMILES string of the molecule is CC1CNCCN(CC#N)C1. The molecule has 1 fully saturated rings. The first-order valence-corrected chi connectivity index (χ1v) is 4.13. The molecule has 0 aromatic carbocycles. The summed E-state index contributed by atoms with van der Waals surface area (Å²) in [5, 5.41) is 11.8. The van der Waals surface area contributed by atoms with Gasteiger partial charge in [0.2, 0.25) is 0 Å². The van der Waals surface area contributed by atoms with Crippen molar-refractivity contribution in [1.82, 2.24) is 10.2 Å². The van der Waals surface area contributed by atoms with Crippen molar-refractivity contribution in [2.45, 2.75) is 6.92 Å². The maximum atomic E-state index is 8.48. The highest BCUT2D eigenvalue weighted by Crippen LogP contribution is 2.00. The van der Waals surface area contributed by atoms with Crippen LogP contribution in [0.4, 0.5) is 0 Å². The summed E-state index contributed by atoms with van der Waals surface area (Å²) in [5.74, 6) is 0.672. The first kappa shape index (κ1) is 8.51. The van der Waals surface area contributed by atoms with E-state index in [1.807, 2.05) is 0 Å². The van der Waals surface area contributed by atoms with Crippen molar-refractivity contribution in [2.24, 2.45) is 5.92 Å². The molecule has 1 atom stereocenters. The molecule has 0 saturated carbocycles. The smallest absolute Gasteiger partial charge is 0.0866 e. The van der Waals surface area contributed by atoms with Crippen LogP contribution in [0.3, 0.4) is 0 Å². The molecule has 0 amide bonds. The van der Waals surface area contributed by atoms with E-state index in [0.717, 1.165) is 26.2 Å². The first-order chi connectivity index (χ1) is 5.33. The summed E-state index contributed by atoms with van der Waals surface area (Å²) in [6, 6.07) is 2.18. The molecule has 3 nitrogen and oxygen atoms in total. The molecule has 1 aliphatic rings. The van der Waals surface area contributed by atoms with Gasteiger partial charge in [-0.3, -0.25) is 4.90 Å². The fourth-order valence-electron chi connectivity index (χ4n) is 1.43. The van der Waals surface area contributed by atoms with E-state index in [1.54, 1.807) is 0 Å². The zero-order valence-electron chi connectivity index (χ0n) is 7.01. The fraction of sp³-hybridized carbons (Fsp3) is 0.875. The minimum absolute atomic E-state index is 0.575. The number of hydrogen-bond acceptors (Lipinski definition) is 3. The Bertz CT molecular complexity index is 150. The topological polar surface area (TPSA) is 39.1 Å². The lowest BCUT2D eigenvalue weighted by Crippen LogP contribution is -2.29. The Morgan fingerprint density at radius 2 is 2.55 bits per heavy atom. The maximum absolute atomic E-state index is 8.48. The minimum atomic E-state index is 0.575. The van der Waals surface area contributed by atoms with Gasteiger partial charge in [0.1, 0.15) is 0 Å². The number of rotatable bonds is 1. The molecule has 0 aliphatic carbocycles. The van der Waals surface area contributed by atoms with Crippen molar-refractivity contribution in [3.05, 3.63) is 0 Å². The van der Waals surface area contributed by atoms with Crippen LogP contribution < -0.4 is 5.32 Å². The van der Waals surface area contributed by atoms with E-state index in [0.29, 0.717) is 12.5 Å². The standard InChI is InChI=1S/C8H15N3/c1-8-6-10-3-5-11(7-8)4-2-9/h8,10H,3-7H2,1H3. The summed E-state index contributed by atoms with van der Waals surface area (Å²) >= 11 is 0. The lowest BCUT2D eigenvalue weighted by atomic mass is 10.2. The molecule has 1 heterocycles. The molecule has 0 aromatic heterocycles. The molecule has 0 bridgehead atoms. The largest absolute Gasteiger partial charge is 0.315 e. The van der Waals surface area contributed by atoms with Crippen LogP contribution in [-0.4, -0.2) is 37.6 Å². The van der Waals surface area contributed by atoms with E-state index >= 15 is 0 Å². The van der Waals surface area contributed by atoms with Gasteiger partial charge in [-0.25, -0.2) is 0 Å². The Balaban J connectivity index is 2.34. The van der Waals surface area contributed by atoms with Gasteiger partial charge in [-0.1, -0.05) is 6.92 Å². The minimum Gasteiger partial charge on any atom is -0.315 e. The second-order valence-electron chi connectivity index (χ2n) is 3.20. The summed E-state index contributed by atoms with van der Waals surface area (Å²) < 4.78 is 0. The van der Waals surface area contributed by atoms with Crippen molar-refractivity contribution >= 4 is 0 Å². The highest BCUT2D eigenvalue weighted by atomic mass is 15.2. The van der Waals surface area contributed by atoms with Gasteiger partial charge in [0, 0.05) is 19.6 Å². The van der Waals surface area contributed by atoms with Crippen LogP contribution in [0.2, 0.25) is 0 Å². The van der Waals surface area contributed by atoms with Crippen LogP contribution in [0.15, 0.2) is 0 Å². The van der Waals surface area contributed by atoms with Crippen molar-refractivity contribution in [1.29, 1.82) is 5.26 Å². The summed E-state index contributed by atoms with van der Waals surface area (Å²) in [6.45, 7) is 6.96. The zero-order valence-corrected chi connectivity index (χ0v) is 7.01. The van der Waals surface area contributed by atoms with E-state index in [9.17, 15) is 0 Å². The van der Waals surface area contributed by atoms with Gasteiger partial charge in [-0.15, -0.1) is 0 Å². The molecule has 0 aromatic rings. The molecule has 1 rings (SSSR count). The Morgan fingerprint density at radius 1 is 1.73 bits per heavy atom. The third kappa shape index (κ3) is 2.87. The summed E-state index contributed by atoms with van der Waals surface area (Å²) in [6.07, 6.45) is 0. The Kier molecular flexibility index (Phi) is 3.34. The van der Waals surface area contributed by atoms with Gasteiger partial charge in [0.15, 0.2) is 0 Å². The lowest BCUT2D eigenvalue weighted by molar-refractivity contribution is 0.295. The van der Waals surface area contributed by atoms with Gasteiger partial charge in [-0.05, 0) is 12.5 Å². The number of nitrogens with zero attached hydrogens (tertiary/aromatic N) is 2. The van der Waals surface area contributed by atoms with Crippen molar-refractivity contribution < 1.29 is 0 Å². The highest BCUT2D eigenvalue weighted by molar-refractivity contribution is 4.80. The molecule has 0 spiro atoms. The number of nitrogens with one attached hydrogen (secondary N) is 1. The van der Waals surface area contributed by atoms with Crippen LogP contribution in [0, 0.1) is 17.2 Å². The molecule has 0 radical (unpaired) electrons. The molecule has 3 heteroatoms. The van der Waals surface area contributed by atoms with E-state index in [1.165, 1.54) is 0 Å². The van der Waals surface area contributed by atoms with Crippen molar-refractivity contribution in [2.75, 3.05) is 32.7 Å². The van der Waals surface area contributed by atoms with Crippen LogP contribution in [0.1, 0.15) is 6.92 Å². The Labute approximate surface area is 68.0 Å². The van der Waals surface area contributed by atoms with E-state index in [4.69, 9.17) is 5.26 Å². The van der Waals surface area contributed by atoms with Gasteiger partial charge < -0.3 is 5.32 Å². The Hall–Kier alpha value is -0.590. The average Bonchev–Trinajstić information content (AvgIpc) is 2.15. The maximum Gasteiger partial charge on any atom is 0.0866 e. The molecule has 11 heavy (non-hydrogen) atoms. The second-order valence-corrected chi connectivity index (χ2v) is 3.20. The van der Waals surface area contributed by atoms with Crippen LogP contribution in [-0.2, 0) is 0 Å². The number of nitriles is 1. The van der Waals surface area contributed by atoms with Gasteiger partial charge in [0.25, 0.3) is 0 Å². The second kappa shape index (κ2) is 4.32.